The summed E-state index contributed by atoms with van der Waals surface area (Å²) in [4.78, 5) is 32.3. The number of carbonyl (C=O) groups is 1. The van der Waals surface area contributed by atoms with Crippen LogP contribution in [0.2, 0.25) is 0 Å². The molecule has 0 bridgehead atoms. The van der Waals surface area contributed by atoms with E-state index in [9.17, 15) is 4.79 Å². The van der Waals surface area contributed by atoms with Crippen molar-refractivity contribution in [2.45, 2.75) is 20.4 Å². The molecule has 7 nitrogen and oxygen atoms in total. The van der Waals surface area contributed by atoms with Crippen LogP contribution in [0.5, 0.6) is 0 Å². The average Bonchev–Trinajstić information content (AvgIpc) is 3.10. The molecule has 1 aliphatic rings. The van der Waals surface area contributed by atoms with Gasteiger partial charge in [-0.3, -0.25) is 9.78 Å². The number of pyridine rings is 1. The van der Waals surface area contributed by atoms with Crippen molar-refractivity contribution in [1.29, 1.82) is 0 Å². The highest BCUT2D eigenvalue weighted by Crippen LogP contribution is 2.35. The number of aromatic nitrogens is 3. The minimum Gasteiger partial charge on any atom is -0.353 e. The normalized spacial score (nSPS) is 15.1. The van der Waals surface area contributed by atoms with Crippen LogP contribution < -0.4 is 10.2 Å². The number of fused-ring (bicyclic) bond motifs is 1. The Morgan fingerprint density at radius 3 is 2.71 bits per heavy atom. The van der Waals surface area contributed by atoms with Crippen LogP contribution in [0.4, 0.5) is 5.82 Å². The van der Waals surface area contributed by atoms with Gasteiger partial charge in [0.05, 0.1) is 22.5 Å². The number of hydrogen-bond acceptors (Lipinski definition) is 7. The lowest BCUT2D eigenvalue weighted by atomic mass is 10.1. The zero-order valence-corrected chi connectivity index (χ0v) is 17.0. The molecule has 0 radical (unpaired) electrons. The predicted molar refractivity (Wildman–Crippen MR) is 112 cm³/mol. The molecule has 1 N–H and O–H groups in total. The summed E-state index contributed by atoms with van der Waals surface area (Å²) in [6, 6.07) is 5.68. The van der Waals surface area contributed by atoms with Gasteiger partial charge in [0.1, 0.15) is 17.0 Å². The van der Waals surface area contributed by atoms with E-state index in [1.165, 1.54) is 11.3 Å². The standard InChI is InChI=1S/C20H24N6OS/c1-3-25-8-10-26(11-9-25)18-16-14(2)17(28-20(16)24-13-23-18)19(27)22-12-15-6-4-5-7-21-15/h4-7,13H,3,8-12H2,1-2H3,(H,22,27). The molecule has 1 saturated heterocycles. The van der Waals surface area contributed by atoms with Gasteiger partial charge in [-0.15, -0.1) is 11.3 Å². The highest BCUT2D eigenvalue weighted by Gasteiger charge is 2.24. The number of likely N-dealkylation sites (N-methyl/N-ethyl adjacent to an activating group) is 1. The number of piperazine rings is 1. The molecule has 1 amide bonds. The SMILES string of the molecule is CCN1CCN(c2ncnc3sc(C(=O)NCc4ccccn4)c(C)c23)CC1. The molecular formula is C20H24N6OS. The topological polar surface area (TPSA) is 74.2 Å². The summed E-state index contributed by atoms with van der Waals surface area (Å²) in [6.45, 7) is 9.61. The van der Waals surface area contributed by atoms with E-state index in [1.807, 2.05) is 25.1 Å². The van der Waals surface area contributed by atoms with Crippen molar-refractivity contribution in [3.05, 3.63) is 46.9 Å². The van der Waals surface area contributed by atoms with E-state index in [4.69, 9.17) is 0 Å². The quantitative estimate of drug-likeness (QED) is 0.714. The fourth-order valence-electron chi connectivity index (χ4n) is 3.54. The number of nitrogens with zero attached hydrogens (tertiary/aromatic N) is 5. The summed E-state index contributed by atoms with van der Waals surface area (Å²) in [6.07, 6.45) is 3.34. The average molecular weight is 397 g/mol. The highest BCUT2D eigenvalue weighted by atomic mass is 32.1. The maximum atomic E-state index is 12.8. The number of rotatable bonds is 5. The van der Waals surface area contributed by atoms with Crippen LogP contribution in [0, 0.1) is 6.92 Å². The first-order valence-electron chi connectivity index (χ1n) is 9.57. The first kappa shape index (κ1) is 18.8. The van der Waals surface area contributed by atoms with E-state index in [2.05, 4.69) is 37.0 Å². The second kappa shape index (κ2) is 8.20. The van der Waals surface area contributed by atoms with Crippen LogP contribution in [0.1, 0.15) is 27.9 Å². The molecule has 4 heterocycles. The number of carbonyl (C=O) groups excluding carboxylic acids is 1. The predicted octanol–water partition coefficient (Wildman–Crippen LogP) is 2.47. The van der Waals surface area contributed by atoms with Gasteiger partial charge in [0.2, 0.25) is 0 Å². The van der Waals surface area contributed by atoms with Crippen molar-refractivity contribution in [1.82, 2.24) is 25.2 Å². The Kier molecular flexibility index (Phi) is 5.50. The third-order valence-electron chi connectivity index (χ3n) is 5.19. The Morgan fingerprint density at radius 1 is 1.18 bits per heavy atom. The van der Waals surface area contributed by atoms with E-state index < -0.39 is 0 Å². The molecule has 0 aliphatic carbocycles. The van der Waals surface area contributed by atoms with Gasteiger partial charge < -0.3 is 15.1 Å². The summed E-state index contributed by atoms with van der Waals surface area (Å²) >= 11 is 1.43. The molecule has 3 aromatic rings. The number of hydrogen-bond donors (Lipinski definition) is 1. The maximum Gasteiger partial charge on any atom is 0.262 e. The van der Waals surface area contributed by atoms with Crippen molar-refractivity contribution in [2.75, 3.05) is 37.6 Å². The van der Waals surface area contributed by atoms with Crippen LogP contribution in [-0.2, 0) is 6.54 Å². The Bertz CT molecular complexity index is 965. The van der Waals surface area contributed by atoms with E-state index in [0.717, 1.165) is 60.0 Å². The molecule has 1 aliphatic heterocycles. The van der Waals surface area contributed by atoms with Crippen molar-refractivity contribution in [2.24, 2.45) is 0 Å². The zero-order chi connectivity index (χ0) is 19.5. The second-order valence-electron chi connectivity index (χ2n) is 6.86. The van der Waals surface area contributed by atoms with Crippen LogP contribution in [0.3, 0.4) is 0 Å². The minimum atomic E-state index is -0.0899. The second-order valence-corrected chi connectivity index (χ2v) is 7.86. The summed E-state index contributed by atoms with van der Waals surface area (Å²) < 4.78 is 0. The van der Waals surface area contributed by atoms with Crippen molar-refractivity contribution < 1.29 is 4.79 Å². The lowest BCUT2D eigenvalue weighted by Crippen LogP contribution is -2.46. The third kappa shape index (κ3) is 3.70. The summed E-state index contributed by atoms with van der Waals surface area (Å²) in [5.41, 5.74) is 1.79. The van der Waals surface area contributed by atoms with Gasteiger partial charge in [-0.1, -0.05) is 13.0 Å². The van der Waals surface area contributed by atoms with Crippen LogP contribution in [-0.4, -0.2) is 58.5 Å². The number of anilines is 1. The molecule has 0 saturated carbocycles. The van der Waals surface area contributed by atoms with Crippen LogP contribution in [0.15, 0.2) is 30.7 Å². The van der Waals surface area contributed by atoms with E-state index in [-0.39, 0.29) is 5.91 Å². The summed E-state index contributed by atoms with van der Waals surface area (Å²) in [5, 5.41) is 3.97. The first-order chi connectivity index (χ1) is 13.7. The molecule has 3 aromatic heterocycles. The van der Waals surface area contributed by atoms with Gasteiger partial charge in [-0.25, -0.2) is 9.97 Å². The summed E-state index contributed by atoms with van der Waals surface area (Å²) in [7, 11) is 0. The fraction of sp³-hybridized carbons (Fsp3) is 0.400. The molecular weight excluding hydrogens is 372 g/mol. The molecule has 0 spiro atoms. The minimum absolute atomic E-state index is 0.0899. The lowest BCUT2D eigenvalue weighted by molar-refractivity contribution is 0.0954. The van der Waals surface area contributed by atoms with Crippen molar-refractivity contribution in [3.63, 3.8) is 0 Å². The number of thiophene rings is 1. The molecule has 0 aromatic carbocycles. The third-order valence-corrected chi connectivity index (χ3v) is 6.39. The van der Waals surface area contributed by atoms with Gasteiger partial charge in [0.25, 0.3) is 5.91 Å². The Balaban J connectivity index is 1.57. The van der Waals surface area contributed by atoms with Crippen molar-refractivity contribution in [3.8, 4) is 0 Å². The van der Waals surface area contributed by atoms with Gasteiger partial charge in [-0.05, 0) is 31.2 Å². The molecule has 1 fully saturated rings. The largest absolute Gasteiger partial charge is 0.353 e. The van der Waals surface area contributed by atoms with Crippen molar-refractivity contribution >= 4 is 33.3 Å². The van der Waals surface area contributed by atoms with E-state index in [0.29, 0.717) is 11.4 Å². The number of nitrogens with one attached hydrogen (secondary N) is 1. The number of aryl methyl sites for hydroxylation is 1. The van der Waals surface area contributed by atoms with Crippen LogP contribution in [0.25, 0.3) is 10.2 Å². The van der Waals surface area contributed by atoms with Gasteiger partial charge in [-0.2, -0.15) is 0 Å². The fourth-order valence-corrected chi connectivity index (χ4v) is 4.60. The Labute approximate surface area is 168 Å². The maximum absolute atomic E-state index is 12.8. The molecule has 146 valence electrons. The lowest BCUT2D eigenvalue weighted by Gasteiger charge is -2.35. The monoisotopic (exact) mass is 396 g/mol. The van der Waals surface area contributed by atoms with E-state index in [1.54, 1.807) is 12.5 Å². The summed E-state index contributed by atoms with van der Waals surface area (Å²) in [5.74, 6) is 0.853. The Morgan fingerprint density at radius 2 is 2.00 bits per heavy atom. The smallest absolute Gasteiger partial charge is 0.262 e. The molecule has 4 rings (SSSR count). The van der Waals surface area contributed by atoms with Gasteiger partial charge in [0.15, 0.2) is 0 Å². The number of amides is 1. The molecule has 0 atom stereocenters. The van der Waals surface area contributed by atoms with Gasteiger partial charge >= 0.3 is 0 Å². The highest BCUT2D eigenvalue weighted by molar-refractivity contribution is 7.20. The molecule has 8 heteroatoms. The molecule has 28 heavy (non-hydrogen) atoms. The van der Waals surface area contributed by atoms with Crippen LogP contribution >= 0.6 is 11.3 Å². The first-order valence-corrected chi connectivity index (χ1v) is 10.4. The van der Waals surface area contributed by atoms with Gasteiger partial charge in [0, 0.05) is 32.4 Å². The zero-order valence-electron chi connectivity index (χ0n) is 16.2. The Hall–Kier alpha value is -2.58. The molecule has 0 unspecified atom stereocenters. The van der Waals surface area contributed by atoms with E-state index >= 15 is 0 Å².